The average molecular weight is 183 g/mol. The van der Waals surface area contributed by atoms with Gasteiger partial charge in [-0.1, -0.05) is 0 Å². The van der Waals surface area contributed by atoms with Gasteiger partial charge in [0.2, 0.25) is 5.95 Å². The molecule has 2 N–H and O–H groups in total. The molecule has 0 saturated carbocycles. The Morgan fingerprint density at radius 2 is 2.08 bits per heavy atom. The van der Waals surface area contributed by atoms with Gasteiger partial charge in [-0.25, -0.2) is 0 Å². The van der Waals surface area contributed by atoms with E-state index in [1.807, 2.05) is 19.0 Å². The largest absolute Gasteiger partial charge is 0.347 e. The molecule has 5 heteroatoms. The Bertz CT molecular complexity index is 265. The third-order valence-corrected chi connectivity index (χ3v) is 1.89. The van der Waals surface area contributed by atoms with E-state index in [-0.39, 0.29) is 0 Å². The maximum atomic E-state index is 5.47. The van der Waals surface area contributed by atoms with Crippen LogP contribution in [0.2, 0.25) is 0 Å². The number of aromatic nitrogens is 3. The van der Waals surface area contributed by atoms with E-state index in [0.717, 1.165) is 24.7 Å². The van der Waals surface area contributed by atoms with Gasteiger partial charge in [-0.3, -0.25) is 4.57 Å². The van der Waals surface area contributed by atoms with Crippen molar-refractivity contribution >= 4 is 5.95 Å². The van der Waals surface area contributed by atoms with Crippen LogP contribution in [-0.2, 0) is 13.0 Å². The van der Waals surface area contributed by atoms with E-state index < -0.39 is 0 Å². The first-order chi connectivity index (χ1) is 6.20. The quantitative estimate of drug-likeness (QED) is 0.706. The summed E-state index contributed by atoms with van der Waals surface area (Å²) in [6.45, 7) is 3.58. The van der Waals surface area contributed by atoms with Gasteiger partial charge in [-0.15, -0.1) is 10.2 Å². The minimum absolute atomic E-state index is 0.617. The van der Waals surface area contributed by atoms with Crippen LogP contribution in [0.5, 0.6) is 0 Å². The van der Waals surface area contributed by atoms with Crippen molar-refractivity contribution in [1.29, 1.82) is 0 Å². The maximum absolute atomic E-state index is 5.47. The molecule has 0 aliphatic rings. The molecule has 1 heterocycles. The predicted octanol–water partition coefficient (Wildman–Crippen LogP) is -0.135. The SMILES string of the molecule is CCn1c(CCN)nnc1N(C)C. The highest BCUT2D eigenvalue weighted by atomic mass is 15.4. The highest BCUT2D eigenvalue weighted by molar-refractivity contribution is 5.28. The third kappa shape index (κ3) is 1.98. The number of anilines is 1. The van der Waals surface area contributed by atoms with E-state index in [2.05, 4.69) is 21.7 Å². The number of nitrogens with zero attached hydrogens (tertiary/aromatic N) is 4. The molecule has 0 aromatic carbocycles. The zero-order chi connectivity index (χ0) is 9.84. The topological polar surface area (TPSA) is 60.0 Å². The molecule has 0 amide bonds. The van der Waals surface area contributed by atoms with Gasteiger partial charge in [-0.2, -0.15) is 0 Å². The summed E-state index contributed by atoms with van der Waals surface area (Å²) < 4.78 is 2.08. The molecule has 0 aliphatic carbocycles. The molecule has 0 unspecified atom stereocenters. The molecule has 0 atom stereocenters. The standard InChI is InChI=1S/C8H17N5/c1-4-13-7(5-6-9)10-11-8(13)12(2)3/h4-6,9H2,1-3H3. The number of rotatable bonds is 4. The van der Waals surface area contributed by atoms with Gasteiger partial charge in [0, 0.05) is 27.1 Å². The molecule has 1 rings (SSSR count). The van der Waals surface area contributed by atoms with Crippen LogP contribution >= 0.6 is 0 Å². The molecular weight excluding hydrogens is 166 g/mol. The van der Waals surface area contributed by atoms with Crippen molar-refractivity contribution in [1.82, 2.24) is 14.8 Å². The van der Waals surface area contributed by atoms with Gasteiger partial charge in [0.1, 0.15) is 5.82 Å². The van der Waals surface area contributed by atoms with Crippen molar-refractivity contribution in [3.63, 3.8) is 0 Å². The Balaban J connectivity index is 2.96. The first kappa shape index (κ1) is 9.98. The lowest BCUT2D eigenvalue weighted by Crippen LogP contribution is -2.17. The van der Waals surface area contributed by atoms with Crippen LogP contribution in [0.25, 0.3) is 0 Å². The van der Waals surface area contributed by atoms with Crippen molar-refractivity contribution in [2.75, 3.05) is 25.5 Å². The van der Waals surface area contributed by atoms with Gasteiger partial charge in [0.25, 0.3) is 0 Å². The molecule has 74 valence electrons. The zero-order valence-electron chi connectivity index (χ0n) is 8.49. The van der Waals surface area contributed by atoms with Gasteiger partial charge in [0.15, 0.2) is 0 Å². The molecule has 0 saturated heterocycles. The van der Waals surface area contributed by atoms with Crippen LogP contribution < -0.4 is 10.6 Å². The fourth-order valence-corrected chi connectivity index (χ4v) is 1.29. The Hall–Kier alpha value is -1.10. The second kappa shape index (κ2) is 4.23. The van der Waals surface area contributed by atoms with Crippen LogP contribution in [0, 0.1) is 0 Å². The average Bonchev–Trinajstić information content (AvgIpc) is 2.48. The molecule has 0 bridgehead atoms. The van der Waals surface area contributed by atoms with Crippen molar-refractivity contribution in [3.05, 3.63) is 5.82 Å². The minimum Gasteiger partial charge on any atom is -0.347 e. The molecule has 1 aromatic rings. The summed E-state index contributed by atoms with van der Waals surface area (Å²) in [6.07, 6.45) is 0.786. The van der Waals surface area contributed by atoms with E-state index >= 15 is 0 Å². The first-order valence-corrected chi connectivity index (χ1v) is 4.50. The van der Waals surface area contributed by atoms with Gasteiger partial charge < -0.3 is 10.6 Å². The molecule has 0 radical (unpaired) electrons. The lowest BCUT2D eigenvalue weighted by molar-refractivity contribution is 0.687. The number of hydrogen-bond donors (Lipinski definition) is 1. The van der Waals surface area contributed by atoms with Crippen LogP contribution in [0.15, 0.2) is 0 Å². The normalized spacial score (nSPS) is 10.5. The van der Waals surface area contributed by atoms with Crippen LogP contribution in [0.1, 0.15) is 12.7 Å². The highest BCUT2D eigenvalue weighted by Gasteiger charge is 2.10. The highest BCUT2D eigenvalue weighted by Crippen LogP contribution is 2.10. The Morgan fingerprint density at radius 3 is 2.54 bits per heavy atom. The fourth-order valence-electron chi connectivity index (χ4n) is 1.29. The van der Waals surface area contributed by atoms with E-state index in [1.54, 1.807) is 0 Å². The van der Waals surface area contributed by atoms with E-state index in [0.29, 0.717) is 6.54 Å². The van der Waals surface area contributed by atoms with Crippen molar-refractivity contribution in [3.8, 4) is 0 Å². The van der Waals surface area contributed by atoms with Crippen molar-refractivity contribution in [2.45, 2.75) is 19.9 Å². The Kier molecular flexibility index (Phi) is 3.25. The van der Waals surface area contributed by atoms with E-state index in [4.69, 9.17) is 5.73 Å². The van der Waals surface area contributed by atoms with Crippen LogP contribution in [0.3, 0.4) is 0 Å². The molecule has 1 aromatic heterocycles. The van der Waals surface area contributed by atoms with Crippen LogP contribution in [-0.4, -0.2) is 35.4 Å². The first-order valence-electron chi connectivity index (χ1n) is 4.50. The van der Waals surface area contributed by atoms with E-state index in [1.165, 1.54) is 0 Å². The summed E-state index contributed by atoms with van der Waals surface area (Å²) in [5.74, 6) is 1.86. The van der Waals surface area contributed by atoms with Gasteiger partial charge in [-0.05, 0) is 13.5 Å². The van der Waals surface area contributed by atoms with Crippen molar-refractivity contribution in [2.24, 2.45) is 5.73 Å². The molecule has 0 aliphatic heterocycles. The predicted molar refractivity (Wildman–Crippen MR) is 52.8 cm³/mol. The van der Waals surface area contributed by atoms with E-state index in [9.17, 15) is 0 Å². The molecule has 0 fully saturated rings. The third-order valence-electron chi connectivity index (χ3n) is 1.89. The summed E-state index contributed by atoms with van der Waals surface area (Å²) in [7, 11) is 3.92. The number of nitrogens with two attached hydrogens (primary N) is 1. The smallest absolute Gasteiger partial charge is 0.226 e. The van der Waals surface area contributed by atoms with Crippen molar-refractivity contribution < 1.29 is 0 Å². The summed E-state index contributed by atoms with van der Waals surface area (Å²) in [6, 6.07) is 0. The second-order valence-electron chi connectivity index (χ2n) is 3.09. The Labute approximate surface area is 78.5 Å². The molecule has 5 nitrogen and oxygen atoms in total. The minimum atomic E-state index is 0.617. The van der Waals surface area contributed by atoms with Gasteiger partial charge in [0.05, 0.1) is 0 Å². The maximum Gasteiger partial charge on any atom is 0.226 e. The fraction of sp³-hybridized carbons (Fsp3) is 0.750. The Morgan fingerprint density at radius 1 is 1.38 bits per heavy atom. The summed E-state index contributed by atoms with van der Waals surface area (Å²) in [5.41, 5.74) is 5.47. The monoisotopic (exact) mass is 183 g/mol. The summed E-state index contributed by atoms with van der Waals surface area (Å²) in [4.78, 5) is 1.95. The summed E-state index contributed by atoms with van der Waals surface area (Å²) in [5, 5.41) is 8.18. The molecular formula is C8H17N5. The summed E-state index contributed by atoms with van der Waals surface area (Å²) >= 11 is 0. The molecule has 0 spiro atoms. The lowest BCUT2D eigenvalue weighted by Gasteiger charge is -2.12. The van der Waals surface area contributed by atoms with Gasteiger partial charge >= 0.3 is 0 Å². The lowest BCUT2D eigenvalue weighted by atomic mass is 10.4. The second-order valence-corrected chi connectivity index (χ2v) is 3.09. The molecule has 13 heavy (non-hydrogen) atoms. The number of hydrogen-bond acceptors (Lipinski definition) is 4. The van der Waals surface area contributed by atoms with Crippen LogP contribution in [0.4, 0.5) is 5.95 Å². The zero-order valence-corrected chi connectivity index (χ0v) is 8.49.